The van der Waals surface area contributed by atoms with Crippen LogP contribution >= 0.6 is 11.6 Å². The van der Waals surface area contributed by atoms with Gasteiger partial charge in [-0.3, -0.25) is 4.90 Å². The molecule has 0 aliphatic carbocycles. The Morgan fingerprint density at radius 1 is 1.11 bits per heavy atom. The van der Waals surface area contributed by atoms with Crippen LogP contribution < -0.4 is 9.47 Å². The second kappa shape index (κ2) is 8.07. The second-order valence-corrected chi connectivity index (χ2v) is 7.70. The highest BCUT2D eigenvalue weighted by molar-refractivity contribution is 6.31. The van der Waals surface area contributed by atoms with Crippen molar-refractivity contribution in [3.05, 3.63) is 58.6 Å². The lowest BCUT2D eigenvalue weighted by Gasteiger charge is -2.42. The molecule has 0 spiro atoms. The maximum atomic E-state index is 6.54. The maximum absolute atomic E-state index is 6.54. The van der Waals surface area contributed by atoms with E-state index in [1.807, 2.05) is 18.2 Å². The molecule has 1 fully saturated rings. The Bertz CT molecular complexity index is 784. The quantitative estimate of drug-likeness (QED) is 0.782. The fourth-order valence-electron chi connectivity index (χ4n) is 3.85. The first-order valence-corrected chi connectivity index (χ1v) is 9.63. The predicted octanol–water partition coefficient (Wildman–Crippen LogP) is 3.57. The van der Waals surface area contributed by atoms with Gasteiger partial charge in [0.15, 0.2) is 11.5 Å². The Labute approximate surface area is 165 Å². The standard InChI is InChI=1S/C21H25ClN2O3/c1-23(2)13-20-21(15-6-4-3-5-7-15)24(8-9-25-20)12-16-10-18-19(11-17(16)22)27-14-26-18/h3-7,10-11,20-21H,8-9,12-14H2,1-2H3/t20-,21-/m0/s1. The lowest BCUT2D eigenvalue weighted by Crippen LogP contribution is -2.48. The van der Waals surface area contributed by atoms with Crippen LogP contribution in [0.2, 0.25) is 5.02 Å². The predicted molar refractivity (Wildman–Crippen MR) is 105 cm³/mol. The van der Waals surface area contributed by atoms with Crippen LogP contribution in [-0.4, -0.2) is 56.5 Å². The summed E-state index contributed by atoms with van der Waals surface area (Å²) < 4.78 is 17.1. The maximum Gasteiger partial charge on any atom is 0.231 e. The first-order valence-electron chi connectivity index (χ1n) is 9.25. The summed E-state index contributed by atoms with van der Waals surface area (Å²) in [6, 6.07) is 14.6. The summed E-state index contributed by atoms with van der Waals surface area (Å²) in [5.41, 5.74) is 2.31. The van der Waals surface area contributed by atoms with Gasteiger partial charge in [0, 0.05) is 30.7 Å². The Balaban J connectivity index is 1.63. The molecule has 0 radical (unpaired) electrons. The van der Waals surface area contributed by atoms with E-state index in [1.54, 1.807) is 0 Å². The molecule has 0 amide bonds. The molecule has 4 rings (SSSR count). The first-order chi connectivity index (χ1) is 13.1. The third-order valence-corrected chi connectivity index (χ3v) is 5.41. The molecule has 0 aromatic heterocycles. The Morgan fingerprint density at radius 3 is 2.59 bits per heavy atom. The minimum Gasteiger partial charge on any atom is -0.454 e. The zero-order valence-electron chi connectivity index (χ0n) is 15.7. The highest BCUT2D eigenvalue weighted by Crippen LogP contribution is 2.39. The van der Waals surface area contributed by atoms with Gasteiger partial charge < -0.3 is 19.1 Å². The summed E-state index contributed by atoms with van der Waals surface area (Å²) in [6.45, 7) is 3.43. The SMILES string of the molecule is CN(C)C[C@@H]1OCCN(Cc2cc3c(cc2Cl)OCO3)[C@H]1c1ccccc1. The number of hydrogen-bond donors (Lipinski definition) is 0. The van der Waals surface area contributed by atoms with Crippen molar-refractivity contribution in [1.82, 2.24) is 9.80 Å². The fourth-order valence-corrected chi connectivity index (χ4v) is 4.06. The smallest absolute Gasteiger partial charge is 0.231 e. The van der Waals surface area contributed by atoms with E-state index in [0.717, 1.165) is 36.7 Å². The van der Waals surface area contributed by atoms with Gasteiger partial charge in [0.1, 0.15) is 0 Å². The Morgan fingerprint density at radius 2 is 1.85 bits per heavy atom. The number of hydrogen-bond acceptors (Lipinski definition) is 5. The summed E-state index contributed by atoms with van der Waals surface area (Å²) in [5.74, 6) is 1.49. The molecule has 0 bridgehead atoms. The van der Waals surface area contributed by atoms with Gasteiger partial charge in [-0.25, -0.2) is 0 Å². The average molecular weight is 389 g/mol. The molecule has 144 valence electrons. The number of nitrogens with zero attached hydrogens (tertiary/aromatic N) is 2. The van der Waals surface area contributed by atoms with Crippen LogP contribution in [0, 0.1) is 0 Å². The van der Waals surface area contributed by atoms with Crippen LogP contribution in [0.3, 0.4) is 0 Å². The molecule has 1 saturated heterocycles. The number of ether oxygens (including phenoxy) is 3. The number of benzene rings is 2. The zero-order chi connectivity index (χ0) is 18.8. The molecule has 0 unspecified atom stereocenters. The lowest BCUT2D eigenvalue weighted by atomic mass is 9.97. The van der Waals surface area contributed by atoms with E-state index >= 15 is 0 Å². The molecule has 2 atom stereocenters. The topological polar surface area (TPSA) is 34.2 Å². The van der Waals surface area contributed by atoms with Gasteiger partial charge in [0.2, 0.25) is 6.79 Å². The average Bonchev–Trinajstić information content (AvgIpc) is 3.09. The lowest BCUT2D eigenvalue weighted by molar-refractivity contribution is -0.0837. The Kier molecular flexibility index (Phi) is 5.55. The van der Waals surface area contributed by atoms with Gasteiger partial charge in [-0.05, 0) is 31.3 Å². The van der Waals surface area contributed by atoms with Crippen molar-refractivity contribution in [2.45, 2.75) is 18.7 Å². The second-order valence-electron chi connectivity index (χ2n) is 7.29. The molecule has 5 nitrogen and oxygen atoms in total. The van der Waals surface area contributed by atoms with E-state index in [1.165, 1.54) is 5.56 Å². The summed E-state index contributed by atoms with van der Waals surface area (Å²) in [7, 11) is 4.16. The molecule has 2 aromatic rings. The van der Waals surface area contributed by atoms with Crippen LogP contribution in [0.25, 0.3) is 0 Å². The van der Waals surface area contributed by atoms with Crippen molar-refractivity contribution in [2.75, 3.05) is 40.6 Å². The third-order valence-electron chi connectivity index (χ3n) is 5.06. The molecule has 2 heterocycles. The Hall–Kier alpha value is -1.79. The first kappa shape index (κ1) is 18.6. The number of rotatable bonds is 5. The van der Waals surface area contributed by atoms with Crippen LogP contribution in [0.15, 0.2) is 42.5 Å². The van der Waals surface area contributed by atoms with Crippen molar-refractivity contribution in [3.8, 4) is 11.5 Å². The fraction of sp³-hybridized carbons (Fsp3) is 0.429. The number of fused-ring (bicyclic) bond motifs is 1. The van der Waals surface area contributed by atoms with Crippen molar-refractivity contribution < 1.29 is 14.2 Å². The van der Waals surface area contributed by atoms with Gasteiger partial charge >= 0.3 is 0 Å². The van der Waals surface area contributed by atoms with E-state index in [9.17, 15) is 0 Å². The van der Waals surface area contributed by atoms with Crippen molar-refractivity contribution in [3.63, 3.8) is 0 Å². The van der Waals surface area contributed by atoms with Crippen molar-refractivity contribution >= 4 is 11.6 Å². The van der Waals surface area contributed by atoms with E-state index < -0.39 is 0 Å². The van der Waals surface area contributed by atoms with Gasteiger partial charge in [-0.1, -0.05) is 41.9 Å². The molecule has 6 heteroatoms. The van der Waals surface area contributed by atoms with Crippen LogP contribution in [-0.2, 0) is 11.3 Å². The van der Waals surface area contributed by atoms with E-state index in [-0.39, 0.29) is 18.9 Å². The minimum absolute atomic E-state index is 0.101. The molecule has 2 aliphatic rings. The van der Waals surface area contributed by atoms with Gasteiger partial charge in [-0.15, -0.1) is 0 Å². The number of halogens is 1. The highest BCUT2D eigenvalue weighted by Gasteiger charge is 2.34. The van der Waals surface area contributed by atoms with Gasteiger partial charge in [0.05, 0.1) is 18.8 Å². The molecule has 2 aromatic carbocycles. The largest absolute Gasteiger partial charge is 0.454 e. The van der Waals surface area contributed by atoms with Crippen LogP contribution in [0.1, 0.15) is 17.2 Å². The highest BCUT2D eigenvalue weighted by atomic mass is 35.5. The van der Waals surface area contributed by atoms with E-state index in [0.29, 0.717) is 11.6 Å². The van der Waals surface area contributed by atoms with Crippen molar-refractivity contribution in [2.24, 2.45) is 0 Å². The van der Waals surface area contributed by atoms with E-state index in [2.05, 4.69) is 48.2 Å². The summed E-state index contributed by atoms with van der Waals surface area (Å²) in [4.78, 5) is 4.63. The summed E-state index contributed by atoms with van der Waals surface area (Å²) >= 11 is 6.54. The van der Waals surface area contributed by atoms with E-state index in [4.69, 9.17) is 25.8 Å². The molecular weight excluding hydrogens is 364 g/mol. The third kappa shape index (κ3) is 4.06. The van der Waals surface area contributed by atoms with Gasteiger partial charge in [-0.2, -0.15) is 0 Å². The molecule has 27 heavy (non-hydrogen) atoms. The molecule has 0 saturated carbocycles. The number of morpholine rings is 1. The normalized spacial score (nSPS) is 22.4. The summed E-state index contributed by atoms with van der Waals surface area (Å²) in [5, 5.41) is 0.710. The summed E-state index contributed by atoms with van der Waals surface area (Å²) in [6.07, 6.45) is 0.101. The van der Waals surface area contributed by atoms with Gasteiger partial charge in [0.25, 0.3) is 0 Å². The van der Waals surface area contributed by atoms with Crippen LogP contribution in [0.5, 0.6) is 11.5 Å². The minimum atomic E-state index is 0.101. The zero-order valence-corrected chi connectivity index (χ0v) is 16.5. The van der Waals surface area contributed by atoms with Crippen LogP contribution in [0.4, 0.5) is 0 Å². The number of likely N-dealkylation sites (N-methyl/N-ethyl adjacent to an activating group) is 1. The monoisotopic (exact) mass is 388 g/mol. The molecule has 2 aliphatic heterocycles. The molecule has 0 N–H and O–H groups in total. The molecular formula is C21H25ClN2O3. The van der Waals surface area contributed by atoms with Crippen molar-refractivity contribution in [1.29, 1.82) is 0 Å².